The van der Waals surface area contributed by atoms with Gasteiger partial charge in [0.25, 0.3) is 0 Å². The summed E-state index contributed by atoms with van der Waals surface area (Å²) in [5, 5.41) is 0. The predicted octanol–water partition coefficient (Wildman–Crippen LogP) is 4.18. The van der Waals surface area contributed by atoms with Crippen molar-refractivity contribution in [2.24, 2.45) is 0 Å². The summed E-state index contributed by atoms with van der Waals surface area (Å²) in [6.45, 7) is 6.10. The van der Waals surface area contributed by atoms with E-state index in [-0.39, 0.29) is 11.9 Å². The van der Waals surface area contributed by atoms with Crippen molar-refractivity contribution in [1.29, 1.82) is 0 Å². The minimum Gasteiger partial charge on any atom is -0.383 e. The number of benzene rings is 1. The molecule has 0 aliphatic heterocycles. The van der Waals surface area contributed by atoms with Gasteiger partial charge in [0, 0.05) is 22.5 Å². The van der Waals surface area contributed by atoms with Crippen LogP contribution in [-0.4, -0.2) is 9.55 Å². The van der Waals surface area contributed by atoms with Gasteiger partial charge in [-0.25, -0.2) is 9.37 Å². The Hall–Kier alpha value is -1.36. The molecule has 1 aromatic carbocycles. The summed E-state index contributed by atoms with van der Waals surface area (Å²) in [6, 6.07) is 5.12. The van der Waals surface area contributed by atoms with Crippen molar-refractivity contribution in [3.8, 4) is 11.3 Å². The van der Waals surface area contributed by atoms with Crippen LogP contribution in [-0.2, 0) is 6.42 Å². The number of anilines is 1. The smallest absolute Gasteiger partial charge is 0.133 e. The Morgan fingerprint density at radius 1 is 1.42 bits per heavy atom. The first-order chi connectivity index (χ1) is 8.95. The second-order valence-corrected chi connectivity index (χ2v) is 5.62. The first kappa shape index (κ1) is 14.1. The molecule has 0 spiro atoms. The van der Waals surface area contributed by atoms with E-state index >= 15 is 0 Å². The molecule has 5 heteroatoms. The summed E-state index contributed by atoms with van der Waals surface area (Å²) in [6.07, 6.45) is 0.764. The molecule has 0 saturated carbocycles. The lowest BCUT2D eigenvalue weighted by atomic mass is 10.1. The molecule has 19 heavy (non-hydrogen) atoms. The summed E-state index contributed by atoms with van der Waals surface area (Å²) in [4.78, 5) is 4.49. The standard InChI is InChI=1S/C14H17BrFN3/c1-4-12-18-13(14(17)19(12)8(2)3)10-6-5-9(15)7-11(10)16/h5-8H,4,17H2,1-3H3. The molecule has 0 fully saturated rings. The highest BCUT2D eigenvalue weighted by atomic mass is 79.9. The Labute approximate surface area is 120 Å². The van der Waals surface area contributed by atoms with Crippen molar-refractivity contribution in [2.45, 2.75) is 33.2 Å². The molecular weight excluding hydrogens is 309 g/mol. The first-order valence-corrected chi connectivity index (χ1v) is 7.07. The molecule has 0 amide bonds. The molecule has 3 nitrogen and oxygen atoms in total. The molecule has 102 valence electrons. The number of nitrogens with zero attached hydrogens (tertiary/aromatic N) is 2. The van der Waals surface area contributed by atoms with E-state index in [0.717, 1.165) is 12.2 Å². The summed E-state index contributed by atoms with van der Waals surface area (Å²) in [5.41, 5.74) is 7.10. The van der Waals surface area contributed by atoms with Gasteiger partial charge >= 0.3 is 0 Å². The van der Waals surface area contributed by atoms with Crippen LogP contribution >= 0.6 is 15.9 Å². The van der Waals surface area contributed by atoms with Gasteiger partial charge in [0.1, 0.15) is 23.2 Å². The predicted molar refractivity (Wildman–Crippen MR) is 79.5 cm³/mol. The van der Waals surface area contributed by atoms with Gasteiger partial charge in [0.05, 0.1) is 0 Å². The van der Waals surface area contributed by atoms with Crippen LogP contribution in [0.25, 0.3) is 11.3 Å². The lowest BCUT2D eigenvalue weighted by Gasteiger charge is -2.12. The molecule has 0 atom stereocenters. The fourth-order valence-corrected chi connectivity index (χ4v) is 2.53. The zero-order valence-corrected chi connectivity index (χ0v) is 12.8. The van der Waals surface area contributed by atoms with Gasteiger partial charge in [0.2, 0.25) is 0 Å². The van der Waals surface area contributed by atoms with E-state index in [4.69, 9.17) is 5.73 Å². The third kappa shape index (κ3) is 2.52. The number of nitrogen functional groups attached to an aromatic ring is 1. The first-order valence-electron chi connectivity index (χ1n) is 6.27. The minimum atomic E-state index is -0.322. The maximum atomic E-state index is 14.0. The largest absolute Gasteiger partial charge is 0.383 e. The molecule has 0 aliphatic carbocycles. The third-order valence-corrected chi connectivity index (χ3v) is 3.53. The minimum absolute atomic E-state index is 0.203. The van der Waals surface area contributed by atoms with Gasteiger partial charge < -0.3 is 10.3 Å². The number of hydrogen-bond donors (Lipinski definition) is 1. The average Bonchev–Trinajstić information content (AvgIpc) is 2.66. The zero-order valence-electron chi connectivity index (χ0n) is 11.2. The van der Waals surface area contributed by atoms with Crippen LogP contribution in [0.4, 0.5) is 10.2 Å². The number of halogens is 2. The van der Waals surface area contributed by atoms with Crippen LogP contribution in [0.1, 0.15) is 32.6 Å². The van der Waals surface area contributed by atoms with E-state index in [0.29, 0.717) is 21.5 Å². The summed E-state index contributed by atoms with van der Waals surface area (Å²) in [7, 11) is 0. The molecule has 0 saturated heterocycles. The summed E-state index contributed by atoms with van der Waals surface area (Å²) >= 11 is 3.25. The lowest BCUT2D eigenvalue weighted by Crippen LogP contribution is -2.09. The van der Waals surface area contributed by atoms with Crippen molar-refractivity contribution < 1.29 is 4.39 Å². The molecule has 1 aromatic heterocycles. The summed E-state index contributed by atoms with van der Waals surface area (Å²) in [5.74, 6) is 1.08. The molecule has 2 aromatic rings. The van der Waals surface area contributed by atoms with Crippen molar-refractivity contribution in [3.05, 3.63) is 34.3 Å². The quantitative estimate of drug-likeness (QED) is 0.920. The SMILES string of the molecule is CCc1nc(-c2ccc(Br)cc2F)c(N)n1C(C)C. The number of aromatic nitrogens is 2. The van der Waals surface area contributed by atoms with Crippen molar-refractivity contribution in [1.82, 2.24) is 9.55 Å². The van der Waals surface area contributed by atoms with E-state index < -0.39 is 0 Å². The molecule has 0 aliphatic rings. The van der Waals surface area contributed by atoms with Gasteiger partial charge in [-0.1, -0.05) is 22.9 Å². The van der Waals surface area contributed by atoms with Crippen LogP contribution in [0, 0.1) is 5.82 Å². The molecule has 2 rings (SSSR count). The highest BCUT2D eigenvalue weighted by molar-refractivity contribution is 9.10. The topological polar surface area (TPSA) is 43.8 Å². The van der Waals surface area contributed by atoms with E-state index in [1.54, 1.807) is 12.1 Å². The molecule has 0 bridgehead atoms. The van der Waals surface area contributed by atoms with Gasteiger partial charge in [-0.15, -0.1) is 0 Å². The highest BCUT2D eigenvalue weighted by Crippen LogP contribution is 2.32. The van der Waals surface area contributed by atoms with Gasteiger partial charge in [-0.05, 0) is 32.0 Å². The van der Waals surface area contributed by atoms with E-state index in [9.17, 15) is 4.39 Å². The van der Waals surface area contributed by atoms with Crippen LogP contribution in [0.3, 0.4) is 0 Å². The number of hydrogen-bond acceptors (Lipinski definition) is 2. The maximum absolute atomic E-state index is 14.0. The number of aryl methyl sites for hydroxylation is 1. The van der Waals surface area contributed by atoms with Gasteiger partial charge in [-0.2, -0.15) is 0 Å². The van der Waals surface area contributed by atoms with Crippen LogP contribution in [0.15, 0.2) is 22.7 Å². The Kier molecular flexibility index (Phi) is 3.94. The lowest BCUT2D eigenvalue weighted by molar-refractivity contribution is 0.579. The normalized spacial score (nSPS) is 11.3. The second-order valence-electron chi connectivity index (χ2n) is 4.70. The fraction of sp³-hybridized carbons (Fsp3) is 0.357. The Morgan fingerprint density at radius 2 is 2.11 bits per heavy atom. The fourth-order valence-electron chi connectivity index (χ4n) is 2.20. The Balaban J connectivity index is 2.63. The maximum Gasteiger partial charge on any atom is 0.133 e. The monoisotopic (exact) mass is 325 g/mol. The highest BCUT2D eigenvalue weighted by Gasteiger charge is 2.19. The molecule has 1 heterocycles. The molecule has 0 radical (unpaired) electrons. The van der Waals surface area contributed by atoms with Crippen molar-refractivity contribution >= 4 is 21.7 Å². The van der Waals surface area contributed by atoms with Crippen LogP contribution < -0.4 is 5.73 Å². The number of rotatable bonds is 3. The zero-order chi connectivity index (χ0) is 14.2. The Bertz CT molecular complexity index is 605. The average molecular weight is 326 g/mol. The second kappa shape index (κ2) is 5.33. The Morgan fingerprint density at radius 3 is 2.58 bits per heavy atom. The molecular formula is C14H17BrFN3. The number of imidazole rings is 1. The summed E-state index contributed by atoms with van der Waals surface area (Å²) < 4.78 is 16.7. The van der Waals surface area contributed by atoms with Crippen molar-refractivity contribution in [3.63, 3.8) is 0 Å². The third-order valence-electron chi connectivity index (χ3n) is 3.04. The molecule has 2 N–H and O–H groups in total. The van der Waals surface area contributed by atoms with Crippen LogP contribution in [0.5, 0.6) is 0 Å². The van der Waals surface area contributed by atoms with Crippen molar-refractivity contribution in [2.75, 3.05) is 5.73 Å². The van der Waals surface area contributed by atoms with Gasteiger partial charge in [-0.3, -0.25) is 0 Å². The van der Waals surface area contributed by atoms with E-state index in [2.05, 4.69) is 20.9 Å². The van der Waals surface area contributed by atoms with E-state index in [1.807, 2.05) is 25.3 Å². The van der Waals surface area contributed by atoms with Crippen LogP contribution in [0.2, 0.25) is 0 Å². The van der Waals surface area contributed by atoms with Gasteiger partial charge in [0.15, 0.2) is 0 Å². The molecule has 0 unspecified atom stereocenters. The number of nitrogens with two attached hydrogens (primary N) is 1. The van der Waals surface area contributed by atoms with E-state index in [1.165, 1.54) is 6.07 Å².